The van der Waals surface area contributed by atoms with Gasteiger partial charge in [0.15, 0.2) is 0 Å². The quantitative estimate of drug-likeness (QED) is 0.554. The molecule has 1 N–H and O–H groups in total. The van der Waals surface area contributed by atoms with Gasteiger partial charge in [0, 0.05) is 4.11 Å². The SMILES string of the molecule is [2H]C([2H])([2H])C(=C)/C(C)=C\C(=N)c1ccccc1. The van der Waals surface area contributed by atoms with Crippen molar-refractivity contribution in [1.29, 1.82) is 5.41 Å². The molecule has 1 heteroatoms. The second kappa shape index (κ2) is 4.56. The molecular formula is C13H15N. The van der Waals surface area contributed by atoms with E-state index in [4.69, 9.17) is 9.52 Å². The van der Waals surface area contributed by atoms with Crippen LogP contribution in [-0.4, -0.2) is 5.71 Å². The average Bonchev–Trinajstić information content (AvgIpc) is 2.27. The van der Waals surface area contributed by atoms with E-state index in [0.717, 1.165) is 5.56 Å². The molecule has 0 radical (unpaired) electrons. The summed E-state index contributed by atoms with van der Waals surface area (Å²) in [5, 5.41) is 7.86. The third-order valence-electron chi connectivity index (χ3n) is 1.92. The normalized spacial score (nSPS) is 15.2. The number of allylic oxidation sites excluding steroid dienone is 3. The van der Waals surface area contributed by atoms with Crippen LogP contribution in [0.15, 0.2) is 54.1 Å². The van der Waals surface area contributed by atoms with E-state index in [0.29, 0.717) is 5.57 Å². The van der Waals surface area contributed by atoms with Gasteiger partial charge in [-0.15, -0.1) is 0 Å². The van der Waals surface area contributed by atoms with Crippen molar-refractivity contribution in [3.05, 3.63) is 59.7 Å². The van der Waals surface area contributed by atoms with E-state index in [9.17, 15) is 0 Å². The first kappa shape index (κ1) is 6.77. The van der Waals surface area contributed by atoms with Gasteiger partial charge in [-0.2, -0.15) is 0 Å². The topological polar surface area (TPSA) is 23.9 Å². The molecule has 0 saturated heterocycles. The summed E-state index contributed by atoms with van der Waals surface area (Å²) >= 11 is 0. The lowest BCUT2D eigenvalue weighted by Crippen LogP contribution is -1.95. The first-order valence-electron chi connectivity index (χ1n) is 5.84. The van der Waals surface area contributed by atoms with Crippen LogP contribution in [0.25, 0.3) is 0 Å². The Morgan fingerprint density at radius 1 is 1.43 bits per heavy atom. The summed E-state index contributed by atoms with van der Waals surface area (Å²) in [4.78, 5) is 0. The second-order valence-corrected chi connectivity index (χ2v) is 3.09. The largest absolute Gasteiger partial charge is 0.300 e. The third kappa shape index (κ3) is 2.70. The molecule has 0 aliphatic rings. The van der Waals surface area contributed by atoms with Crippen molar-refractivity contribution < 1.29 is 4.11 Å². The predicted octanol–water partition coefficient (Wildman–Crippen LogP) is 3.58. The summed E-state index contributed by atoms with van der Waals surface area (Å²) in [6.07, 6.45) is 1.53. The first-order valence-corrected chi connectivity index (χ1v) is 4.34. The molecule has 14 heavy (non-hydrogen) atoms. The van der Waals surface area contributed by atoms with Crippen molar-refractivity contribution in [2.45, 2.75) is 13.8 Å². The van der Waals surface area contributed by atoms with Gasteiger partial charge in [-0.3, -0.25) is 0 Å². The highest BCUT2D eigenvalue weighted by molar-refractivity contribution is 6.07. The smallest absolute Gasteiger partial charge is 0.0614 e. The Kier molecular flexibility index (Phi) is 2.21. The summed E-state index contributed by atoms with van der Waals surface area (Å²) in [5.74, 6) is 0. The zero-order valence-electron chi connectivity index (χ0n) is 11.2. The van der Waals surface area contributed by atoms with Gasteiger partial charge in [0.05, 0.1) is 5.71 Å². The molecule has 0 bridgehead atoms. The fraction of sp³-hybridized carbons (Fsp3) is 0.154. The number of hydrogen-bond donors (Lipinski definition) is 1. The van der Waals surface area contributed by atoms with Crippen LogP contribution < -0.4 is 0 Å². The Morgan fingerprint density at radius 2 is 2.07 bits per heavy atom. The minimum absolute atomic E-state index is 0.0816. The second-order valence-electron chi connectivity index (χ2n) is 3.09. The van der Waals surface area contributed by atoms with Gasteiger partial charge in [-0.25, -0.2) is 0 Å². The van der Waals surface area contributed by atoms with E-state index >= 15 is 0 Å². The van der Waals surface area contributed by atoms with E-state index in [-0.39, 0.29) is 11.3 Å². The molecule has 0 heterocycles. The highest BCUT2D eigenvalue weighted by atomic mass is 14.4. The van der Waals surface area contributed by atoms with E-state index in [2.05, 4.69) is 6.58 Å². The van der Waals surface area contributed by atoms with Crippen LogP contribution in [0.5, 0.6) is 0 Å². The zero-order chi connectivity index (χ0) is 13.1. The molecule has 0 saturated carbocycles. The van der Waals surface area contributed by atoms with Crippen LogP contribution in [0.2, 0.25) is 0 Å². The summed E-state index contributed by atoms with van der Waals surface area (Å²) < 4.78 is 21.7. The van der Waals surface area contributed by atoms with Gasteiger partial charge in [0.1, 0.15) is 0 Å². The number of rotatable bonds is 3. The summed E-state index contributed by atoms with van der Waals surface area (Å²) in [7, 11) is 0. The van der Waals surface area contributed by atoms with Crippen LogP contribution >= 0.6 is 0 Å². The summed E-state index contributed by atoms with van der Waals surface area (Å²) in [5.41, 5.74) is 1.63. The highest BCUT2D eigenvalue weighted by Crippen LogP contribution is 2.08. The van der Waals surface area contributed by atoms with Crippen LogP contribution in [0.4, 0.5) is 0 Å². The van der Waals surface area contributed by atoms with Crippen LogP contribution in [0.1, 0.15) is 23.5 Å². The average molecular weight is 188 g/mol. The van der Waals surface area contributed by atoms with Crippen molar-refractivity contribution in [3.8, 4) is 0 Å². The van der Waals surface area contributed by atoms with Gasteiger partial charge in [0.25, 0.3) is 0 Å². The van der Waals surface area contributed by atoms with Crippen molar-refractivity contribution >= 4 is 5.71 Å². The fourth-order valence-corrected chi connectivity index (χ4v) is 1.00. The maximum absolute atomic E-state index is 7.86. The number of hydrogen-bond acceptors (Lipinski definition) is 1. The standard InChI is InChI=1S/C13H15N/c1-10(2)11(3)9-13(14)12-7-5-4-6-8-12/h4-9,14H,1H2,2-3H3/b11-9-,14-13?/i2D3. The van der Waals surface area contributed by atoms with Gasteiger partial charge in [-0.05, 0) is 31.0 Å². The highest BCUT2D eigenvalue weighted by Gasteiger charge is 1.97. The van der Waals surface area contributed by atoms with Gasteiger partial charge in [0.2, 0.25) is 0 Å². The molecule has 0 aliphatic carbocycles. The predicted molar refractivity (Wildman–Crippen MR) is 61.8 cm³/mol. The van der Waals surface area contributed by atoms with Crippen molar-refractivity contribution in [1.82, 2.24) is 0 Å². The molecule has 0 spiro atoms. The van der Waals surface area contributed by atoms with Crippen molar-refractivity contribution in [3.63, 3.8) is 0 Å². The van der Waals surface area contributed by atoms with Gasteiger partial charge in [-0.1, -0.05) is 42.5 Å². The van der Waals surface area contributed by atoms with Crippen LogP contribution in [0, 0.1) is 5.41 Å². The number of nitrogens with one attached hydrogen (secondary N) is 1. The molecule has 1 nitrogen and oxygen atoms in total. The Hall–Kier alpha value is -1.63. The molecular weight excluding hydrogens is 170 g/mol. The van der Waals surface area contributed by atoms with Crippen molar-refractivity contribution in [2.24, 2.45) is 0 Å². The molecule has 72 valence electrons. The molecule has 0 aromatic heterocycles. The fourth-order valence-electron chi connectivity index (χ4n) is 1.00. The number of benzene rings is 1. The van der Waals surface area contributed by atoms with E-state index in [1.165, 1.54) is 6.08 Å². The maximum Gasteiger partial charge on any atom is 0.0614 e. The van der Waals surface area contributed by atoms with E-state index in [1.807, 2.05) is 30.3 Å². The Morgan fingerprint density at radius 3 is 2.64 bits per heavy atom. The van der Waals surface area contributed by atoms with E-state index < -0.39 is 6.85 Å². The minimum Gasteiger partial charge on any atom is -0.300 e. The third-order valence-corrected chi connectivity index (χ3v) is 1.92. The van der Waals surface area contributed by atoms with Crippen molar-refractivity contribution in [2.75, 3.05) is 0 Å². The zero-order valence-corrected chi connectivity index (χ0v) is 8.17. The lowest BCUT2D eigenvalue weighted by atomic mass is 10.1. The molecule has 0 atom stereocenters. The minimum atomic E-state index is -2.20. The molecule has 1 aromatic carbocycles. The van der Waals surface area contributed by atoms with E-state index in [1.54, 1.807) is 6.92 Å². The Labute approximate surface area is 89.5 Å². The first-order chi connectivity index (χ1) is 7.82. The van der Waals surface area contributed by atoms with Crippen LogP contribution in [-0.2, 0) is 0 Å². The molecule has 1 aromatic rings. The Bertz CT molecular complexity index is 455. The van der Waals surface area contributed by atoms with Gasteiger partial charge < -0.3 is 5.41 Å². The summed E-state index contributed by atoms with van der Waals surface area (Å²) in [6, 6.07) is 9.17. The lowest BCUT2D eigenvalue weighted by Gasteiger charge is -2.01. The maximum atomic E-state index is 7.86. The van der Waals surface area contributed by atoms with Crippen LogP contribution in [0.3, 0.4) is 0 Å². The Balaban J connectivity index is 2.91. The summed E-state index contributed by atoms with van der Waals surface area (Å²) in [6.45, 7) is 3.01. The molecule has 0 aliphatic heterocycles. The molecule has 1 rings (SSSR count). The monoisotopic (exact) mass is 188 g/mol. The molecule has 0 fully saturated rings. The molecule has 0 amide bonds. The van der Waals surface area contributed by atoms with Gasteiger partial charge >= 0.3 is 0 Å². The molecule has 0 unspecified atom stereocenters. The lowest BCUT2D eigenvalue weighted by molar-refractivity contribution is 1.36.